The van der Waals surface area contributed by atoms with Gasteiger partial charge in [-0.3, -0.25) is 11.3 Å². The van der Waals surface area contributed by atoms with Crippen LogP contribution in [0.5, 0.6) is 0 Å². The van der Waals surface area contributed by atoms with Crippen LogP contribution in [0.15, 0.2) is 48.9 Å². The van der Waals surface area contributed by atoms with E-state index in [1.165, 1.54) is 0 Å². The number of hydrazine groups is 1. The normalized spacial score (nSPS) is 12.5. The topological polar surface area (TPSA) is 86.6 Å². The average Bonchev–Trinajstić information content (AvgIpc) is 3.15. The number of imidazole rings is 1. The number of para-hydroxylation sites is 1. The maximum atomic E-state index is 5.66. The molecule has 0 bridgehead atoms. The highest BCUT2D eigenvalue weighted by Crippen LogP contribution is 2.15. The average molecular weight is 283 g/mol. The molecule has 1 unspecified atom stereocenters. The number of nitrogens with zero attached hydrogens (tertiary/aromatic N) is 5. The van der Waals surface area contributed by atoms with Crippen LogP contribution in [0.4, 0.5) is 0 Å². The van der Waals surface area contributed by atoms with Crippen LogP contribution < -0.4 is 11.3 Å². The van der Waals surface area contributed by atoms with E-state index in [1.807, 2.05) is 48.1 Å². The van der Waals surface area contributed by atoms with Crippen LogP contribution >= 0.6 is 0 Å². The molecule has 0 radical (unpaired) electrons. The molecular formula is C14H17N7. The largest absolute Gasteiger partial charge is 0.338 e. The molecule has 0 saturated carbocycles. The lowest BCUT2D eigenvalue weighted by molar-refractivity contribution is 0.513. The monoisotopic (exact) mass is 283 g/mol. The Hall–Kier alpha value is -2.51. The van der Waals surface area contributed by atoms with E-state index in [4.69, 9.17) is 5.84 Å². The maximum absolute atomic E-state index is 5.66. The van der Waals surface area contributed by atoms with Crippen molar-refractivity contribution in [3.8, 4) is 5.69 Å². The first kappa shape index (κ1) is 13.5. The predicted molar refractivity (Wildman–Crippen MR) is 78.3 cm³/mol. The lowest BCUT2D eigenvalue weighted by Crippen LogP contribution is -2.30. The smallest absolute Gasteiger partial charge is 0.110 e. The minimum absolute atomic E-state index is 0.136. The number of benzene rings is 1. The minimum Gasteiger partial charge on any atom is -0.338 e. The van der Waals surface area contributed by atoms with Gasteiger partial charge in [-0.25, -0.2) is 4.98 Å². The summed E-state index contributed by atoms with van der Waals surface area (Å²) < 4.78 is 1.96. The zero-order chi connectivity index (χ0) is 14.7. The first-order valence-electron chi connectivity index (χ1n) is 6.68. The van der Waals surface area contributed by atoms with E-state index < -0.39 is 0 Å². The summed E-state index contributed by atoms with van der Waals surface area (Å²) in [5.74, 6) is 6.59. The molecular weight excluding hydrogens is 266 g/mol. The fourth-order valence-electron chi connectivity index (χ4n) is 2.14. The van der Waals surface area contributed by atoms with Gasteiger partial charge in [-0.2, -0.15) is 15.0 Å². The summed E-state index contributed by atoms with van der Waals surface area (Å²) in [6.45, 7) is 0. The summed E-state index contributed by atoms with van der Waals surface area (Å²) in [4.78, 5) is 5.90. The van der Waals surface area contributed by atoms with Crippen molar-refractivity contribution in [3.63, 3.8) is 0 Å². The number of hydrogen-bond acceptors (Lipinski definition) is 5. The van der Waals surface area contributed by atoms with Crippen molar-refractivity contribution in [1.82, 2.24) is 30.0 Å². The molecule has 3 N–H and O–H groups in total. The molecule has 3 rings (SSSR count). The van der Waals surface area contributed by atoms with E-state index in [-0.39, 0.29) is 6.04 Å². The Bertz CT molecular complexity index is 701. The third-order valence-corrected chi connectivity index (χ3v) is 3.36. The van der Waals surface area contributed by atoms with Gasteiger partial charge in [0.1, 0.15) is 11.5 Å². The van der Waals surface area contributed by atoms with Gasteiger partial charge >= 0.3 is 0 Å². The Kier molecular flexibility index (Phi) is 3.76. The third-order valence-electron chi connectivity index (χ3n) is 3.36. The lowest BCUT2D eigenvalue weighted by Gasteiger charge is -2.12. The highest BCUT2D eigenvalue weighted by atomic mass is 15.5. The first-order chi connectivity index (χ1) is 10.3. The summed E-state index contributed by atoms with van der Waals surface area (Å²) >= 11 is 0. The van der Waals surface area contributed by atoms with E-state index in [0.29, 0.717) is 6.42 Å². The first-order valence-corrected chi connectivity index (χ1v) is 6.68. The van der Waals surface area contributed by atoms with Crippen molar-refractivity contribution in [2.24, 2.45) is 12.9 Å². The van der Waals surface area contributed by atoms with Crippen LogP contribution in [0.3, 0.4) is 0 Å². The Morgan fingerprint density at radius 1 is 1.29 bits per heavy atom. The zero-order valence-corrected chi connectivity index (χ0v) is 11.7. The van der Waals surface area contributed by atoms with E-state index >= 15 is 0 Å². The molecule has 0 fully saturated rings. The van der Waals surface area contributed by atoms with Gasteiger partial charge in [0.25, 0.3) is 0 Å². The summed E-state index contributed by atoms with van der Waals surface area (Å²) in [6, 6.07) is 9.62. The Labute approximate surface area is 122 Å². The van der Waals surface area contributed by atoms with Gasteiger partial charge in [-0.1, -0.05) is 18.2 Å². The molecule has 0 amide bonds. The maximum Gasteiger partial charge on any atom is 0.110 e. The van der Waals surface area contributed by atoms with E-state index in [9.17, 15) is 0 Å². The second-order valence-electron chi connectivity index (χ2n) is 4.77. The van der Waals surface area contributed by atoms with Gasteiger partial charge in [0.05, 0.1) is 17.9 Å². The van der Waals surface area contributed by atoms with Gasteiger partial charge in [-0.05, 0) is 12.1 Å². The number of rotatable bonds is 5. The predicted octanol–water partition coefficient (Wildman–Crippen LogP) is 0.748. The summed E-state index contributed by atoms with van der Waals surface area (Å²) in [6.07, 6.45) is 6.04. The minimum atomic E-state index is -0.136. The molecule has 108 valence electrons. The highest BCUT2D eigenvalue weighted by Gasteiger charge is 2.17. The van der Waals surface area contributed by atoms with Crippen LogP contribution in [-0.4, -0.2) is 24.5 Å². The van der Waals surface area contributed by atoms with Crippen LogP contribution in [0.25, 0.3) is 5.69 Å². The molecule has 0 aliphatic carbocycles. The van der Waals surface area contributed by atoms with Gasteiger partial charge < -0.3 is 4.57 Å². The highest BCUT2D eigenvalue weighted by molar-refractivity contribution is 5.28. The molecule has 21 heavy (non-hydrogen) atoms. The molecule has 3 aromatic rings. The standard InChI is InChI=1S/C14H17N7/c1-20-8-7-16-14(20)9-12(18-15)13-10-17-21(19-13)11-5-3-2-4-6-11/h2-8,10,12,18H,9,15H2,1H3. The molecule has 1 aromatic carbocycles. The van der Waals surface area contributed by atoms with E-state index in [0.717, 1.165) is 17.2 Å². The van der Waals surface area contributed by atoms with Crippen molar-refractivity contribution in [2.45, 2.75) is 12.5 Å². The van der Waals surface area contributed by atoms with E-state index in [1.54, 1.807) is 17.2 Å². The van der Waals surface area contributed by atoms with Crippen molar-refractivity contribution in [3.05, 3.63) is 60.4 Å². The Morgan fingerprint density at radius 2 is 2.10 bits per heavy atom. The number of hydrogen-bond donors (Lipinski definition) is 2. The Morgan fingerprint density at radius 3 is 2.76 bits per heavy atom. The number of aromatic nitrogens is 5. The summed E-state index contributed by atoms with van der Waals surface area (Å²) in [7, 11) is 1.96. The number of aryl methyl sites for hydroxylation is 1. The Balaban J connectivity index is 1.82. The van der Waals surface area contributed by atoms with Gasteiger partial charge in [0.2, 0.25) is 0 Å². The van der Waals surface area contributed by atoms with Crippen molar-refractivity contribution < 1.29 is 0 Å². The molecule has 7 nitrogen and oxygen atoms in total. The van der Waals surface area contributed by atoms with Crippen LogP contribution in [0.2, 0.25) is 0 Å². The molecule has 0 saturated heterocycles. The van der Waals surface area contributed by atoms with Gasteiger partial charge in [-0.15, -0.1) is 0 Å². The number of nitrogens with two attached hydrogens (primary N) is 1. The van der Waals surface area contributed by atoms with Gasteiger partial charge in [0, 0.05) is 25.9 Å². The lowest BCUT2D eigenvalue weighted by atomic mass is 10.1. The fraction of sp³-hybridized carbons (Fsp3) is 0.214. The molecule has 2 heterocycles. The van der Waals surface area contributed by atoms with Crippen LogP contribution in [0, 0.1) is 0 Å². The fourth-order valence-corrected chi connectivity index (χ4v) is 2.14. The van der Waals surface area contributed by atoms with Crippen molar-refractivity contribution >= 4 is 0 Å². The molecule has 7 heteroatoms. The summed E-state index contributed by atoms with van der Waals surface area (Å²) in [5, 5.41) is 8.78. The van der Waals surface area contributed by atoms with Crippen LogP contribution in [0.1, 0.15) is 17.6 Å². The molecule has 2 aromatic heterocycles. The quantitative estimate of drug-likeness (QED) is 0.533. The molecule has 0 aliphatic heterocycles. The molecule has 1 atom stereocenters. The zero-order valence-electron chi connectivity index (χ0n) is 11.7. The SMILES string of the molecule is Cn1ccnc1CC(NN)c1cnn(-c2ccccc2)n1. The molecule has 0 spiro atoms. The van der Waals surface area contributed by atoms with Gasteiger partial charge in [0.15, 0.2) is 0 Å². The van der Waals surface area contributed by atoms with Crippen LogP contribution in [-0.2, 0) is 13.5 Å². The third kappa shape index (κ3) is 2.83. The van der Waals surface area contributed by atoms with Crippen molar-refractivity contribution in [2.75, 3.05) is 0 Å². The summed E-state index contributed by atoms with van der Waals surface area (Å²) in [5.41, 5.74) is 4.47. The van der Waals surface area contributed by atoms with Crippen molar-refractivity contribution in [1.29, 1.82) is 0 Å². The molecule has 0 aliphatic rings. The second-order valence-corrected chi connectivity index (χ2v) is 4.77. The number of nitrogens with one attached hydrogen (secondary N) is 1. The second kappa shape index (κ2) is 5.86. The van der Waals surface area contributed by atoms with E-state index in [2.05, 4.69) is 20.6 Å².